The Morgan fingerprint density at radius 2 is 2.19 bits per heavy atom. The first kappa shape index (κ1) is 21.4. The lowest BCUT2D eigenvalue weighted by atomic mass is 10.1. The third-order valence-electron chi connectivity index (χ3n) is 4.54. The van der Waals surface area contributed by atoms with E-state index >= 15 is 0 Å². The molecule has 10 nitrogen and oxygen atoms in total. The number of aromatic nitrogens is 3. The Balaban J connectivity index is 1.83. The Kier molecular flexibility index (Phi) is 6.08. The molecule has 0 amide bonds. The van der Waals surface area contributed by atoms with Crippen molar-refractivity contribution >= 4 is 23.1 Å². The summed E-state index contributed by atoms with van der Waals surface area (Å²) in [5.74, 6) is 0.272. The molecule has 1 aliphatic heterocycles. The number of nitro benzene ring substituents is 1. The number of hydrogen-bond acceptors (Lipinski definition) is 10. The van der Waals surface area contributed by atoms with E-state index in [0.717, 1.165) is 5.56 Å². The van der Waals surface area contributed by atoms with Crippen LogP contribution in [0.1, 0.15) is 18.7 Å². The number of phenols is 1. The van der Waals surface area contributed by atoms with Crippen molar-refractivity contribution in [1.82, 2.24) is 15.2 Å². The molecule has 2 N–H and O–H groups in total. The number of para-hydroxylation sites is 1. The summed E-state index contributed by atoms with van der Waals surface area (Å²) >= 11 is 1.35. The van der Waals surface area contributed by atoms with E-state index in [4.69, 9.17) is 9.47 Å². The first-order valence-electron chi connectivity index (χ1n) is 9.67. The lowest BCUT2D eigenvalue weighted by Gasteiger charge is -2.20. The molecular weight excluding hydrogens is 434 g/mol. The van der Waals surface area contributed by atoms with Crippen molar-refractivity contribution in [2.75, 3.05) is 17.7 Å². The van der Waals surface area contributed by atoms with Gasteiger partial charge in [0.1, 0.15) is 0 Å². The maximum atomic E-state index is 11.5. The monoisotopic (exact) mass is 453 g/mol. The normalized spacial score (nSPS) is 14.2. The second-order valence-corrected chi connectivity index (χ2v) is 7.60. The molecule has 1 aromatic heterocycles. The molecular formula is C21H19N5O5S. The molecule has 2 heterocycles. The van der Waals surface area contributed by atoms with Crippen LogP contribution in [-0.2, 0) is 0 Å². The van der Waals surface area contributed by atoms with Crippen LogP contribution in [0.2, 0.25) is 0 Å². The Hall–Kier alpha value is -3.86. The quantitative estimate of drug-likeness (QED) is 0.230. The van der Waals surface area contributed by atoms with Crippen molar-refractivity contribution < 1.29 is 19.5 Å². The molecule has 1 aliphatic rings. The van der Waals surface area contributed by atoms with Gasteiger partial charge in [0, 0.05) is 28.6 Å². The van der Waals surface area contributed by atoms with Crippen LogP contribution in [-0.4, -0.2) is 37.6 Å². The average Bonchev–Trinajstić information content (AvgIpc) is 2.95. The molecule has 0 radical (unpaired) electrons. The van der Waals surface area contributed by atoms with Gasteiger partial charge in [-0.3, -0.25) is 10.1 Å². The lowest BCUT2D eigenvalue weighted by Crippen LogP contribution is -2.17. The number of rotatable bonds is 7. The second-order valence-electron chi connectivity index (χ2n) is 6.61. The highest BCUT2D eigenvalue weighted by molar-refractivity contribution is 7.99. The topological polar surface area (TPSA) is 133 Å². The third kappa shape index (κ3) is 4.14. The summed E-state index contributed by atoms with van der Waals surface area (Å²) in [5, 5.41) is 33.8. The Morgan fingerprint density at radius 3 is 2.94 bits per heavy atom. The maximum absolute atomic E-state index is 11.5. The van der Waals surface area contributed by atoms with Crippen molar-refractivity contribution in [2.45, 2.75) is 18.3 Å². The summed E-state index contributed by atoms with van der Waals surface area (Å²) in [7, 11) is 0. The fourth-order valence-electron chi connectivity index (χ4n) is 3.16. The second kappa shape index (κ2) is 9.10. The summed E-state index contributed by atoms with van der Waals surface area (Å²) in [5.41, 5.74) is 1.74. The molecule has 0 bridgehead atoms. The van der Waals surface area contributed by atoms with E-state index in [1.54, 1.807) is 13.0 Å². The molecule has 164 valence electrons. The minimum absolute atomic E-state index is 0.0112. The number of ether oxygens (including phenoxy) is 2. The minimum atomic E-state index is -0.870. The van der Waals surface area contributed by atoms with Crippen molar-refractivity contribution in [2.24, 2.45) is 0 Å². The van der Waals surface area contributed by atoms with Crippen molar-refractivity contribution in [3.63, 3.8) is 0 Å². The lowest BCUT2D eigenvalue weighted by molar-refractivity contribution is -0.386. The highest BCUT2D eigenvalue weighted by Crippen LogP contribution is 2.43. The van der Waals surface area contributed by atoms with Gasteiger partial charge in [-0.2, -0.15) is 4.98 Å². The van der Waals surface area contributed by atoms with Gasteiger partial charge in [-0.15, -0.1) is 16.8 Å². The average molecular weight is 453 g/mol. The van der Waals surface area contributed by atoms with Gasteiger partial charge in [0.25, 0.3) is 0 Å². The molecule has 1 atom stereocenters. The Labute approximate surface area is 187 Å². The molecule has 0 aliphatic carbocycles. The van der Waals surface area contributed by atoms with Crippen LogP contribution in [0.5, 0.6) is 17.4 Å². The van der Waals surface area contributed by atoms with Gasteiger partial charge in [-0.05, 0) is 19.1 Å². The molecule has 32 heavy (non-hydrogen) atoms. The van der Waals surface area contributed by atoms with Crippen LogP contribution in [0.15, 0.2) is 54.2 Å². The zero-order chi connectivity index (χ0) is 22.7. The van der Waals surface area contributed by atoms with E-state index < -0.39 is 22.6 Å². The van der Waals surface area contributed by atoms with E-state index in [1.807, 2.05) is 24.3 Å². The van der Waals surface area contributed by atoms with Crippen LogP contribution in [0.25, 0.3) is 11.3 Å². The fraction of sp³-hybridized carbons (Fsp3) is 0.190. The maximum Gasteiger partial charge on any atom is 0.315 e. The van der Waals surface area contributed by atoms with Crippen LogP contribution >= 0.6 is 11.8 Å². The van der Waals surface area contributed by atoms with Gasteiger partial charge in [0.15, 0.2) is 17.7 Å². The first-order valence-corrected chi connectivity index (χ1v) is 10.7. The highest BCUT2D eigenvalue weighted by Gasteiger charge is 2.29. The Bertz CT molecular complexity index is 1190. The third-order valence-corrected chi connectivity index (χ3v) is 5.37. The standard InChI is InChI=1S/C21H19N5O5S/c1-3-9-32-21-23-20-17(24-25-21)13-7-5-6-8-14(13)22-19(31-20)12-10-15(26(28)29)18(27)16(11-12)30-4-2/h3,5-8,10-11,19,22,27H,1,4,9H2,2H3. The minimum Gasteiger partial charge on any atom is -0.500 e. The summed E-state index contributed by atoms with van der Waals surface area (Å²) in [6.07, 6.45) is 0.857. The SMILES string of the molecule is C=CCSc1nnc2c(n1)OC(c1cc(OCC)c(O)c([N+](=O)[O-])c1)Nc1ccccc1-2. The number of benzene rings is 2. The van der Waals surface area contributed by atoms with Gasteiger partial charge in [0.05, 0.1) is 11.5 Å². The predicted molar refractivity (Wildman–Crippen MR) is 119 cm³/mol. The van der Waals surface area contributed by atoms with Crippen LogP contribution < -0.4 is 14.8 Å². The number of phenolic OH excluding ortho intramolecular Hbond substituents is 1. The van der Waals surface area contributed by atoms with E-state index in [1.165, 1.54) is 23.9 Å². The predicted octanol–water partition coefficient (Wildman–Crippen LogP) is 4.33. The zero-order valence-electron chi connectivity index (χ0n) is 17.0. The van der Waals surface area contributed by atoms with E-state index in [-0.39, 0.29) is 18.2 Å². The van der Waals surface area contributed by atoms with Crippen LogP contribution in [0.4, 0.5) is 11.4 Å². The van der Waals surface area contributed by atoms with Gasteiger partial charge >= 0.3 is 5.69 Å². The number of fused-ring (bicyclic) bond motifs is 3. The van der Waals surface area contributed by atoms with Crippen LogP contribution in [0.3, 0.4) is 0 Å². The molecule has 0 saturated carbocycles. The number of hydrogen-bond donors (Lipinski definition) is 2. The molecule has 1 unspecified atom stereocenters. The molecule has 0 fully saturated rings. The molecule has 4 rings (SSSR count). The smallest absolute Gasteiger partial charge is 0.315 e. The van der Waals surface area contributed by atoms with E-state index in [2.05, 4.69) is 27.1 Å². The number of nitrogens with one attached hydrogen (secondary N) is 1. The van der Waals surface area contributed by atoms with E-state index in [0.29, 0.717) is 27.9 Å². The molecule has 2 aromatic carbocycles. The molecule has 0 spiro atoms. The Morgan fingerprint density at radius 1 is 1.38 bits per heavy atom. The largest absolute Gasteiger partial charge is 0.500 e. The molecule has 0 saturated heterocycles. The number of anilines is 1. The molecule has 11 heteroatoms. The summed E-state index contributed by atoms with van der Waals surface area (Å²) < 4.78 is 11.5. The summed E-state index contributed by atoms with van der Waals surface area (Å²) in [6.45, 7) is 5.63. The number of nitro groups is 1. The zero-order valence-corrected chi connectivity index (χ0v) is 17.8. The van der Waals surface area contributed by atoms with Gasteiger partial charge in [-0.1, -0.05) is 36.0 Å². The first-order chi connectivity index (χ1) is 15.5. The van der Waals surface area contributed by atoms with Crippen molar-refractivity contribution in [1.29, 1.82) is 0 Å². The van der Waals surface area contributed by atoms with Crippen LogP contribution in [0, 0.1) is 10.1 Å². The summed E-state index contributed by atoms with van der Waals surface area (Å²) in [6, 6.07) is 10.1. The number of nitrogens with zero attached hydrogens (tertiary/aromatic N) is 4. The molecule has 3 aromatic rings. The van der Waals surface area contributed by atoms with Gasteiger partial charge < -0.3 is 19.9 Å². The number of thioether (sulfide) groups is 1. The van der Waals surface area contributed by atoms with Crippen molar-refractivity contribution in [3.05, 3.63) is 64.7 Å². The van der Waals surface area contributed by atoms with Gasteiger partial charge in [-0.25, -0.2) is 0 Å². The van der Waals surface area contributed by atoms with E-state index in [9.17, 15) is 15.2 Å². The summed E-state index contributed by atoms with van der Waals surface area (Å²) in [4.78, 5) is 15.3. The van der Waals surface area contributed by atoms with Crippen molar-refractivity contribution in [3.8, 4) is 28.6 Å². The number of aromatic hydroxyl groups is 1. The fourth-order valence-corrected chi connectivity index (χ4v) is 3.68. The van der Waals surface area contributed by atoms with Gasteiger partial charge in [0.2, 0.25) is 16.8 Å². The highest BCUT2D eigenvalue weighted by atomic mass is 32.2.